The van der Waals surface area contributed by atoms with Crippen LogP contribution < -0.4 is 5.73 Å². The van der Waals surface area contributed by atoms with E-state index in [4.69, 9.17) is 24.3 Å². The van der Waals surface area contributed by atoms with Crippen molar-refractivity contribution in [2.45, 2.75) is 219 Å². The van der Waals surface area contributed by atoms with Crippen molar-refractivity contribution in [3.8, 4) is 0 Å². The van der Waals surface area contributed by atoms with Crippen molar-refractivity contribution in [1.29, 1.82) is 0 Å². The van der Waals surface area contributed by atoms with Crippen molar-refractivity contribution in [3.05, 3.63) is 85.1 Å². The Morgan fingerprint density at radius 1 is 0.484 bits per heavy atom. The average Bonchev–Trinajstić information content (AvgIpc) is 3.28. The zero-order valence-corrected chi connectivity index (χ0v) is 41.6. The topological polar surface area (TPSA) is 134 Å². The van der Waals surface area contributed by atoms with Gasteiger partial charge >= 0.3 is 19.8 Å². The quantitative estimate of drug-likeness (QED) is 0.0265. The fourth-order valence-corrected chi connectivity index (χ4v) is 7.56. The van der Waals surface area contributed by atoms with E-state index in [9.17, 15) is 19.0 Å². The van der Waals surface area contributed by atoms with Crippen molar-refractivity contribution in [2.75, 3.05) is 26.4 Å². The van der Waals surface area contributed by atoms with Crippen LogP contribution in [0.1, 0.15) is 213 Å². The van der Waals surface area contributed by atoms with E-state index in [-0.39, 0.29) is 38.6 Å². The molecule has 64 heavy (non-hydrogen) atoms. The summed E-state index contributed by atoms with van der Waals surface area (Å²) in [6, 6.07) is 0. The maximum absolute atomic E-state index is 12.6. The van der Waals surface area contributed by atoms with Gasteiger partial charge in [-0.05, 0) is 70.6 Å². The van der Waals surface area contributed by atoms with Gasteiger partial charge in [-0.2, -0.15) is 0 Å². The van der Waals surface area contributed by atoms with Crippen LogP contribution in [0.15, 0.2) is 85.1 Å². The Labute approximate surface area is 392 Å². The van der Waals surface area contributed by atoms with Gasteiger partial charge in [-0.15, -0.1) is 0 Å². The highest BCUT2D eigenvalue weighted by atomic mass is 31.2. The Bertz CT molecular complexity index is 1320. The summed E-state index contributed by atoms with van der Waals surface area (Å²) in [5, 5.41) is 0. The number of rotatable bonds is 47. The molecule has 0 aliphatic rings. The monoisotopic (exact) mass is 916 g/mol. The van der Waals surface area contributed by atoms with Gasteiger partial charge in [-0.1, -0.05) is 214 Å². The first kappa shape index (κ1) is 61.2. The van der Waals surface area contributed by atoms with Crippen LogP contribution in [-0.2, 0) is 32.7 Å². The van der Waals surface area contributed by atoms with E-state index < -0.39 is 26.5 Å². The van der Waals surface area contributed by atoms with Crippen LogP contribution in [0.3, 0.4) is 0 Å². The van der Waals surface area contributed by atoms with E-state index in [2.05, 4.69) is 98.9 Å². The second-order valence-corrected chi connectivity index (χ2v) is 18.1. The number of unbranched alkanes of at least 4 members (excludes halogenated alkanes) is 20. The molecule has 0 heterocycles. The number of hydrogen-bond acceptors (Lipinski definition) is 8. The first-order chi connectivity index (χ1) is 31.3. The Kier molecular flexibility index (Phi) is 47.4. The third kappa shape index (κ3) is 48.6. The fraction of sp³-hybridized carbons (Fsp3) is 0.704. The minimum Gasteiger partial charge on any atom is -0.462 e. The Balaban J connectivity index is 3.95. The molecule has 0 radical (unpaired) electrons. The van der Waals surface area contributed by atoms with Crippen molar-refractivity contribution < 1.29 is 37.6 Å². The lowest BCUT2D eigenvalue weighted by Gasteiger charge is -2.19. The molecule has 0 saturated heterocycles. The molecule has 2 unspecified atom stereocenters. The summed E-state index contributed by atoms with van der Waals surface area (Å²) in [6.07, 6.45) is 63.5. The van der Waals surface area contributed by atoms with E-state index in [1.165, 1.54) is 89.9 Å². The van der Waals surface area contributed by atoms with Gasteiger partial charge in [-0.25, -0.2) is 4.57 Å². The molecule has 0 bridgehead atoms. The van der Waals surface area contributed by atoms with E-state index in [1.807, 2.05) is 0 Å². The summed E-state index contributed by atoms with van der Waals surface area (Å²) in [5.74, 6) is -0.834. The van der Waals surface area contributed by atoms with Crippen LogP contribution in [-0.4, -0.2) is 49.3 Å². The van der Waals surface area contributed by atoms with Gasteiger partial charge in [-0.3, -0.25) is 18.6 Å². The molecule has 3 N–H and O–H groups in total. The number of phosphoric acid groups is 1. The Hall–Kier alpha value is -2.81. The second kappa shape index (κ2) is 49.6. The number of allylic oxidation sites excluding steroid dienone is 14. The number of carbonyl (C=O) groups excluding carboxylic acids is 2. The normalized spacial score (nSPS) is 13.9. The molecule has 9 nitrogen and oxygen atoms in total. The van der Waals surface area contributed by atoms with Crippen LogP contribution in [0, 0.1) is 0 Å². The van der Waals surface area contributed by atoms with Gasteiger partial charge in [0.05, 0.1) is 13.2 Å². The van der Waals surface area contributed by atoms with E-state index in [0.717, 1.165) is 89.9 Å². The molecule has 2 atom stereocenters. The molecule has 0 aliphatic carbocycles. The summed E-state index contributed by atoms with van der Waals surface area (Å²) < 4.78 is 32.8. The maximum Gasteiger partial charge on any atom is 0.472 e. The summed E-state index contributed by atoms with van der Waals surface area (Å²) in [4.78, 5) is 34.9. The third-order valence-corrected chi connectivity index (χ3v) is 11.5. The highest BCUT2D eigenvalue weighted by Gasteiger charge is 2.26. The molecular weight excluding hydrogens is 822 g/mol. The van der Waals surface area contributed by atoms with E-state index in [0.29, 0.717) is 6.42 Å². The van der Waals surface area contributed by atoms with Crippen molar-refractivity contribution in [1.82, 2.24) is 0 Å². The molecular formula is C54H94NO8P. The molecule has 0 spiro atoms. The van der Waals surface area contributed by atoms with E-state index in [1.54, 1.807) is 0 Å². The second-order valence-electron chi connectivity index (χ2n) is 16.7. The first-order valence-corrected chi connectivity index (χ1v) is 27.1. The Morgan fingerprint density at radius 3 is 1.28 bits per heavy atom. The largest absolute Gasteiger partial charge is 0.472 e. The summed E-state index contributed by atoms with van der Waals surface area (Å²) in [6.45, 7) is 3.60. The summed E-state index contributed by atoms with van der Waals surface area (Å²) >= 11 is 0. The first-order valence-electron chi connectivity index (χ1n) is 25.6. The predicted molar refractivity (Wildman–Crippen MR) is 270 cm³/mol. The fourth-order valence-electron chi connectivity index (χ4n) is 6.79. The zero-order chi connectivity index (χ0) is 46.7. The minimum absolute atomic E-state index is 0.0508. The van der Waals surface area contributed by atoms with Crippen LogP contribution >= 0.6 is 7.82 Å². The van der Waals surface area contributed by atoms with Gasteiger partial charge in [0.2, 0.25) is 0 Å². The van der Waals surface area contributed by atoms with Gasteiger partial charge < -0.3 is 20.1 Å². The van der Waals surface area contributed by atoms with Crippen LogP contribution in [0.25, 0.3) is 0 Å². The van der Waals surface area contributed by atoms with Crippen LogP contribution in [0.2, 0.25) is 0 Å². The van der Waals surface area contributed by atoms with Gasteiger partial charge in [0.25, 0.3) is 0 Å². The smallest absolute Gasteiger partial charge is 0.462 e. The van der Waals surface area contributed by atoms with Crippen molar-refractivity contribution >= 4 is 19.8 Å². The average molecular weight is 916 g/mol. The van der Waals surface area contributed by atoms with Gasteiger partial charge in [0.15, 0.2) is 6.10 Å². The molecule has 0 amide bonds. The standard InChI is InChI=1S/C54H94NO8P/c1-3-5-7-9-11-13-15-16-17-18-19-20-21-22-23-24-25-26-27-28-29-30-31-32-33-34-35-36-37-39-41-43-45-47-54(57)63-52(51-62-64(58,59)61-49-48-55)50-60-53(56)46-44-42-40-38-14-12-10-8-6-4-2/h5,7,11,13,16-17,19-20,22-23,25-26,28-29,52H,3-4,6,8-10,12,14-15,18,21,24,27,30-51,55H2,1-2H3,(H,58,59)/b7-5-,13-11-,17-16-,20-19-,23-22-,26-25-,29-28-. The molecule has 0 aromatic heterocycles. The lowest BCUT2D eigenvalue weighted by Crippen LogP contribution is -2.29. The molecule has 0 rings (SSSR count). The van der Waals surface area contributed by atoms with Gasteiger partial charge in [0.1, 0.15) is 6.61 Å². The van der Waals surface area contributed by atoms with Crippen LogP contribution in [0.5, 0.6) is 0 Å². The number of esters is 2. The molecule has 0 saturated carbocycles. The lowest BCUT2D eigenvalue weighted by atomic mass is 10.0. The molecule has 0 aliphatic heterocycles. The van der Waals surface area contributed by atoms with Crippen molar-refractivity contribution in [2.24, 2.45) is 5.73 Å². The molecule has 0 aromatic carbocycles. The highest BCUT2D eigenvalue weighted by Crippen LogP contribution is 2.43. The number of nitrogens with two attached hydrogens (primary N) is 1. The van der Waals surface area contributed by atoms with Crippen molar-refractivity contribution in [3.63, 3.8) is 0 Å². The highest BCUT2D eigenvalue weighted by molar-refractivity contribution is 7.47. The number of phosphoric ester groups is 1. The predicted octanol–water partition coefficient (Wildman–Crippen LogP) is 15.6. The molecule has 368 valence electrons. The molecule has 0 aromatic rings. The van der Waals surface area contributed by atoms with Gasteiger partial charge in [0, 0.05) is 19.4 Å². The van der Waals surface area contributed by atoms with E-state index >= 15 is 0 Å². The third-order valence-electron chi connectivity index (χ3n) is 10.5. The zero-order valence-electron chi connectivity index (χ0n) is 40.7. The lowest BCUT2D eigenvalue weighted by molar-refractivity contribution is -0.161. The Morgan fingerprint density at radius 2 is 0.859 bits per heavy atom. The molecule has 10 heteroatoms. The summed E-state index contributed by atoms with van der Waals surface area (Å²) in [5.41, 5.74) is 5.35. The maximum atomic E-state index is 12.6. The molecule has 0 fully saturated rings. The number of hydrogen-bond donors (Lipinski definition) is 2. The summed E-state index contributed by atoms with van der Waals surface area (Å²) in [7, 11) is -4.38. The number of carbonyl (C=O) groups is 2. The minimum atomic E-state index is -4.38. The van der Waals surface area contributed by atoms with Crippen LogP contribution in [0.4, 0.5) is 0 Å². The number of ether oxygens (including phenoxy) is 2. The SMILES string of the molecule is CC/C=C\C/C=C\C/C=C\C/C=C\C/C=C\C/C=C\C/C=C\CCCCCCCCCCCCCC(=O)OC(COC(=O)CCCCCCCCCCCC)COP(=O)(O)OCCN.